The lowest BCUT2D eigenvalue weighted by atomic mass is 10.1. The number of hydrogen-bond donors (Lipinski definition) is 0. The van der Waals surface area contributed by atoms with Gasteiger partial charge in [-0.05, 0) is 220 Å². The second-order valence-electron chi connectivity index (χ2n) is 25.5. The molecule has 0 saturated heterocycles. The Morgan fingerprint density at radius 2 is 0.540 bits per heavy atom. The molecule has 0 amide bonds. The summed E-state index contributed by atoms with van der Waals surface area (Å²) in [4.78, 5) is 41.5. The third-order valence-electron chi connectivity index (χ3n) is 17.5. The highest BCUT2D eigenvalue weighted by atomic mass is 14.7. The number of hydrogen-bond acceptors (Lipinski definition) is 10. The summed E-state index contributed by atoms with van der Waals surface area (Å²) in [6.07, 6.45) is 25.9. The summed E-state index contributed by atoms with van der Waals surface area (Å²) in [6.45, 7) is 60.7. The van der Waals surface area contributed by atoms with E-state index >= 15 is 0 Å². The average Bonchev–Trinajstić information content (AvgIpc) is 0.869. The molecule has 0 unspecified atom stereocenters. The van der Waals surface area contributed by atoms with E-state index in [2.05, 4.69) is 257 Å². The summed E-state index contributed by atoms with van der Waals surface area (Å²) < 4.78 is 0. The lowest BCUT2D eigenvalue weighted by Crippen LogP contribution is -1.80. The Kier molecular flexibility index (Phi) is 63.8. The number of aromatic nitrogens is 10. The minimum Gasteiger partial charge on any atom is -0.264 e. The van der Waals surface area contributed by atoms with Crippen LogP contribution in [-0.4, -0.2) is 49.8 Å². The maximum atomic E-state index is 4.28. The Balaban J connectivity index is 0.00000135. The van der Waals surface area contributed by atoms with E-state index in [-0.39, 0.29) is 0 Å². The molecule has 0 spiro atoms. The second kappa shape index (κ2) is 71.3. The van der Waals surface area contributed by atoms with Crippen LogP contribution in [-0.2, 0) is 0 Å². The highest BCUT2D eigenvalue weighted by molar-refractivity contribution is 5.88. The molecule has 0 aliphatic carbocycles. The van der Waals surface area contributed by atoms with E-state index in [1.54, 1.807) is 6.20 Å². The van der Waals surface area contributed by atoms with Crippen LogP contribution in [0.5, 0.6) is 0 Å². The summed E-state index contributed by atoms with van der Waals surface area (Å²) in [5.41, 5.74) is 16.7. The first-order valence-electron chi connectivity index (χ1n) is 45.3. The largest absolute Gasteiger partial charge is 0.264 e. The van der Waals surface area contributed by atoms with Crippen molar-refractivity contribution in [3.63, 3.8) is 0 Å². The van der Waals surface area contributed by atoms with Crippen LogP contribution >= 0.6 is 0 Å². The first-order valence-corrected chi connectivity index (χ1v) is 45.3. The van der Waals surface area contributed by atoms with Gasteiger partial charge in [-0.2, -0.15) is 0 Å². The Morgan fingerprint density at radius 1 is 0.167 bits per heavy atom. The number of rotatable bonds is 0. The quantitative estimate of drug-likeness (QED) is 0.145. The molecule has 0 atom stereocenters. The molecule has 10 heteroatoms. The van der Waals surface area contributed by atoms with Crippen molar-refractivity contribution in [2.24, 2.45) is 0 Å². The second-order valence-corrected chi connectivity index (χ2v) is 25.5. The van der Waals surface area contributed by atoms with Gasteiger partial charge in [0.2, 0.25) is 0 Å². The lowest BCUT2D eigenvalue weighted by Gasteiger charge is -1.98. The maximum Gasteiger partial charge on any atom is 0.0731 e. The minimum atomic E-state index is 1.07. The van der Waals surface area contributed by atoms with Crippen LogP contribution in [0.15, 0.2) is 354 Å². The van der Waals surface area contributed by atoms with E-state index in [1.807, 2.05) is 348 Å². The molecule has 0 bridgehead atoms. The van der Waals surface area contributed by atoms with Crippen LogP contribution in [0, 0.1) is 69.2 Å². The lowest BCUT2D eigenvalue weighted by molar-refractivity contribution is 1.20. The summed E-state index contributed by atoms with van der Waals surface area (Å²) in [5.74, 6) is 0. The molecule has 9 aromatic carbocycles. The van der Waals surface area contributed by atoms with Gasteiger partial charge in [0.15, 0.2) is 0 Å². The summed E-state index contributed by atoms with van der Waals surface area (Å²) in [7, 11) is 0. The fraction of sp³-hybridized carbons (Fsp3) is 0.259. The molecule has 10 nitrogen and oxygen atoms in total. The van der Waals surface area contributed by atoms with Crippen LogP contribution in [0.3, 0.4) is 0 Å². The van der Waals surface area contributed by atoms with Gasteiger partial charge in [-0.1, -0.05) is 326 Å². The summed E-state index contributed by atoms with van der Waals surface area (Å²) in [6, 6.07) is 90.4. The number of nitrogens with zero attached hydrogens (tertiary/aromatic N) is 10. The van der Waals surface area contributed by atoms with Crippen molar-refractivity contribution in [1.29, 1.82) is 0 Å². The minimum absolute atomic E-state index is 1.07. The van der Waals surface area contributed by atoms with Crippen LogP contribution in [0.1, 0.15) is 194 Å². The van der Waals surface area contributed by atoms with E-state index in [0.29, 0.717) is 0 Å². The molecule has 0 radical (unpaired) electrons. The molecular formula is C116H148N10. The van der Waals surface area contributed by atoms with Gasteiger partial charge in [-0.25, -0.2) is 0 Å². The van der Waals surface area contributed by atoms with Gasteiger partial charge in [0.05, 0.1) is 22.1 Å². The van der Waals surface area contributed by atoms with E-state index in [9.17, 15) is 0 Å². The Hall–Kier alpha value is -13.2. The van der Waals surface area contributed by atoms with E-state index in [4.69, 9.17) is 0 Å². The molecule has 0 aliphatic rings. The van der Waals surface area contributed by atoms with Crippen molar-refractivity contribution in [3.8, 4) is 0 Å². The first-order chi connectivity index (χ1) is 61.8. The average molecular weight is 1680 g/mol. The standard InChI is InChI=1S/9C10H9N.C6H7N.10C2H6/c1-8-4-2-6-10-9(8)5-3-7-11-10;1-8-4-2-5-9-6-3-7-11-10(8)9;1-8-2-3-9-4-5-11-7-10(9)6-8;1-8-4-5-9-3-2-6-11-10(9)7-8;1-8-3-2-4-9-7-11-6-5-10(8)9;1-8-3-2-4-9-5-6-11-7-10(8)9;1-8-6-11-7-9-4-2-3-5-10(8)9;1-8-10-5-3-2-4-9(10)6-7-11-8;1-8-6-7-11-10-5-3-2-4-9(8)10;1-6-4-2-3-5-7-6;10*1-2/h9*2-7H,1H3;2-5H,1H3;10*1-2H3. The molecule has 0 fully saturated rings. The molecule has 10 heterocycles. The smallest absolute Gasteiger partial charge is 0.0731 e. The number of benzene rings is 9. The number of fused-ring (bicyclic) bond motifs is 9. The Morgan fingerprint density at radius 3 is 1.11 bits per heavy atom. The van der Waals surface area contributed by atoms with Crippen LogP contribution < -0.4 is 0 Å². The zero-order valence-corrected chi connectivity index (χ0v) is 82.0. The Labute approximate surface area is 759 Å². The van der Waals surface area contributed by atoms with Crippen molar-refractivity contribution in [3.05, 3.63) is 410 Å². The van der Waals surface area contributed by atoms with Crippen LogP contribution in [0.25, 0.3) is 97.5 Å². The zero-order chi connectivity index (χ0) is 94.2. The summed E-state index contributed by atoms with van der Waals surface area (Å²) >= 11 is 0. The fourth-order valence-corrected chi connectivity index (χ4v) is 11.7. The van der Waals surface area contributed by atoms with Crippen molar-refractivity contribution in [1.82, 2.24) is 49.8 Å². The molecule has 10 aromatic heterocycles. The molecule has 0 aliphatic heterocycles. The topological polar surface area (TPSA) is 129 Å². The molecule has 662 valence electrons. The number of para-hydroxylation sites is 2. The third kappa shape index (κ3) is 40.4. The van der Waals surface area contributed by atoms with Gasteiger partial charge < -0.3 is 0 Å². The molecule has 126 heavy (non-hydrogen) atoms. The highest BCUT2D eigenvalue weighted by Crippen LogP contribution is 2.22. The van der Waals surface area contributed by atoms with Crippen molar-refractivity contribution in [2.45, 2.75) is 208 Å². The first kappa shape index (κ1) is 113. The fourth-order valence-electron chi connectivity index (χ4n) is 11.7. The monoisotopic (exact) mass is 1680 g/mol. The van der Waals surface area contributed by atoms with E-state index < -0.39 is 0 Å². The van der Waals surface area contributed by atoms with Crippen molar-refractivity contribution in [2.75, 3.05) is 0 Å². The van der Waals surface area contributed by atoms with Gasteiger partial charge in [0.25, 0.3) is 0 Å². The van der Waals surface area contributed by atoms with E-state index in [1.165, 1.54) is 120 Å². The molecular weight excluding hydrogens is 1530 g/mol. The normalized spacial score (nSPS) is 9.03. The molecule has 19 rings (SSSR count). The van der Waals surface area contributed by atoms with Crippen molar-refractivity contribution < 1.29 is 0 Å². The number of pyridine rings is 10. The van der Waals surface area contributed by atoms with Gasteiger partial charge in [-0.3, -0.25) is 49.8 Å². The summed E-state index contributed by atoms with van der Waals surface area (Å²) in [5, 5.41) is 17.4. The number of aryl methyl sites for hydroxylation is 10. The predicted octanol–water partition coefficient (Wildman–Crippen LogP) is 34.5. The SMILES string of the molecule is CC.CC.CC.CC.CC.CC.CC.CC.CC.CC.Cc1ccc2cccnc2c1.Cc1ccc2ccncc2c1.Cc1cccc2cccnc12.Cc1cccc2ccncc12.Cc1cccc2cnccc12.Cc1cccc2ncccc12.Cc1ccccn1.Cc1ccnc2ccccc12.Cc1cncc2ccccc12.Cc1nccc2ccccc12. The predicted molar refractivity (Wildman–Crippen MR) is 561 cm³/mol. The van der Waals surface area contributed by atoms with Crippen LogP contribution in [0.4, 0.5) is 0 Å². The maximum absolute atomic E-state index is 4.28. The zero-order valence-electron chi connectivity index (χ0n) is 82.0. The highest BCUT2D eigenvalue weighted by Gasteiger charge is 2.01. The van der Waals surface area contributed by atoms with Crippen molar-refractivity contribution >= 4 is 97.5 Å². The third-order valence-corrected chi connectivity index (χ3v) is 17.5. The van der Waals surface area contributed by atoms with Gasteiger partial charge in [-0.15, -0.1) is 0 Å². The molecule has 0 N–H and O–H groups in total. The van der Waals surface area contributed by atoms with E-state index in [0.717, 1.165) is 33.5 Å². The van der Waals surface area contributed by atoms with Gasteiger partial charge in [0, 0.05) is 147 Å². The van der Waals surface area contributed by atoms with Crippen LogP contribution in [0.2, 0.25) is 0 Å². The Bertz CT molecular complexity index is 5070. The molecule has 19 aromatic rings. The molecule has 0 saturated carbocycles. The van der Waals surface area contributed by atoms with Gasteiger partial charge in [0.1, 0.15) is 0 Å². The van der Waals surface area contributed by atoms with Gasteiger partial charge >= 0.3 is 0 Å².